The van der Waals surface area contributed by atoms with Crippen molar-refractivity contribution in [1.29, 1.82) is 0 Å². The first-order chi connectivity index (χ1) is 8.25. The van der Waals surface area contributed by atoms with Crippen LogP contribution in [0.1, 0.15) is 23.1 Å². The maximum Gasteiger partial charge on any atom is 0.0162 e. The highest BCUT2D eigenvalue weighted by Gasteiger charge is 1.98. The van der Waals surface area contributed by atoms with Gasteiger partial charge in [0.1, 0.15) is 0 Å². The molecule has 2 aromatic carbocycles. The number of halogens is 1. The summed E-state index contributed by atoms with van der Waals surface area (Å²) in [5.41, 5.74) is 4.27. The Kier molecular flexibility index (Phi) is 4.60. The van der Waals surface area contributed by atoms with E-state index in [9.17, 15) is 0 Å². The number of hydrogen-bond acceptors (Lipinski definition) is 0. The average Bonchev–Trinajstić information content (AvgIpc) is 2.35. The molecule has 0 fully saturated rings. The fourth-order valence-electron chi connectivity index (χ4n) is 1.93. The van der Waals surface area contributed by atoms with Gasteiger partial charge in [-0.25, -0.2) is 0 Å². The summed E-state index contributed by atoms with van der Waals surface area (Å²) in [5, 5.41) is 0. The topological polar surface area (TPSA) is 0 Å². The predicted octanol–water partition coefficient (Wildman–Crippen LogP) is 4.77. The van der Waals surface area contributed by atoms with Crippen molar-refractivity contribution < 1.29 is 0 Å². The van der Waals surface area contributed by atoms with Gasteiger partial charge in [0.15, 0.2) is 0 Å². The summed E-state index contributed by atoms with van der Waals surface area (Å²) in [5.74, 6) is 0. The molecule has 0 saturated carbocycles. The summed E-state index contributed by atoms with van der Waals surface area (Å²) in [6, 6.07) is 17.5. The van der Waals surface area contributed by atoms with E-state index < -0.39 is 0 Å². The second-order valence-corrected chi connectivity index (χ2v) is 5.58. The molecule has 0 amide bonds. The SMILES string of the molecule is Cc1ccc(CCCc2ccccc2)cc1I. The van der Waals surface area contributed by atoms with Crippen molar-refractivity contribution >= 4 is 22.6 Å². The molecule has 0 N–H and O–H groups in total. The minimum Gasteiger partial charge on any atom is -0.0622 e. The third-order valence-electron chi connectivity index (χ3n) is 3.01. The van der Waals surface area contributed by atoms with Gasteiger partial charge in [0.05, 0.1) is 0 Å². The predicted molar refractivity (Wildman–Crippen MR) is 82.4 cm³/mol. The van der Waals surface area contributed by atoms with Crippen molar-refractivity contribution in [3.8, 4) is 0 Å². The van der Waals surface area contributed by atoms with Crippen LogP contribution in [0, 0.1) is 10.5 Å². The summed E-state index contributed by atoms with van der Waals surface area (Å²) >= 11 is 2.41. The molecule has 1 heteroatoms. The van der Waals surface area contributed by atoms with Gasteiger partial charge in [0, 0.05) is 3.57 Å². The second kappa shape index (κ2) is 6.20. The van der Waals surface area contributed by atoms with Crippen LogP contribution in [-0.2, 0) is 12.8 Å². The molecule has 0 aliphatic heterocycles. The minimum absolute atomic E-state index is 1.17. The Hall–Kier alpha value is -0.830. The van der Waals surface area contributed by atoms with Gasteiger partial charge in [0.2, 0.25) is 0 Å². The third-order valence-corrected chi connectivity index (χ3v) is 4.17. The third kappa shape index (κ3) is 3.84. The lowest BCUT2D eigenvalue weighted by atomic mass is 10.0. The van der Waals surface area contributed by atoms with Crippen LogP contribution in [0.3, 0.4) is 0 Å². The number of benzene rings is 2. The van der Waals surface area contributed by atoms with E-state index in [1.165, 1.54) is 39.5 Å². The van der Waals surface area contributed by atoms with E-state index in [0.717, 1.165) is 0 Å². The van der Waals surface area contributed by atoms with Gasteiger partial charge >= 0.3 is 0 Å². The average molecular weight is 336 g/mol. The first-order valence-electron chi connectivity index (χ1n) is 6.04. The molecule has 0 aromatic heterocycles. The van der Waals surface area contributed by atoms with Crippen molar-refractivity contribution in [2.75, 3.05) is 0 Å². The van der Waals surface area contributed by atoms with Crippen LogP contribution < -0.4 is 0 Å². The molecule has 0 nitrogen and oxygen atoms in total. The van der Waals surface area contributed by atoms with E-state index in [-0.39, 0.29) is 0 Å². The summed E-state index contributed by atoms with van der Waals surface area (Å²) in [4.78, 5) is 0. The van der Waals surface area contributed by atoms with Crippen molar-refractivity contribution in [2.45, 2.75) is 26.2 Å². The second-order valence-electron chi connectivity index (χ2n) is 4.42. The fraction of sp³-hybridized carbons (Fsp3) is 0.250. The van der Waals surface area contributed by atoms with Gasteiger partial charge in [-0.2, -0.15) is 0 Å². The zero-order valence-electron chi connectivity index (χ0n) is 10.1. The fourth-order valence-corrected chi connectivity index (χ4v) is 2.51. The summed E-state index contributed by atoms with van der Waals surface area (Å²) < 4.78 is 1.37. The first kappa shape index (κ1) is 12.6. The number of hydrogen-bond donors (Lipinski definition) is 0. The van der Waals surface area contributed by atoms with Crippen LogP contribution in [0.4, 0.5) is 0 Å². The molecule has 0 heterocycles. The van der Waals surface area contributed by atoms with E-state index >= 15 is 0 Å². The van der Waals surface area contributed by atoms with Crippen molar-refractivity contribution in [1.82, 2.24) is 0 Å². The molecule has 17 heavy (non-hydrogen) atoms. The number of aryl methyl sites for hydroxylation is 3. The van der Waals surface area contributed by atoms with Crippen LogP contribution in [0.2, 0.25) is 0 Å². The quantitative estimate of drug-likeness (QED) is 0.705. The molecule has 88 valence electrons. The van der Waals surface area contributed by atoms with E-state index in [0.29, 0.717) is 0 Å². The molecule has 0 aliphatic carbocycles. The van der Waals surface area contributed by atoms with Gasteiger partial charge < -0.3 is 0 Å². The Morgan fingerprint density at radius 3 is 2.29 bits per heavy atom. The molecule has 2 aromatic rings. The molecule has 2 rings (SSSR count). The zero-order chi connectivity index (χ0) is 12.1. The van der Waals surface area contributed by atoms with Crippen molar-refractivity contribution in [3.63, 3.8) is 0 Å². The Morgan fingerprint density at radius 1 is 0.882 bits per heavy atom. The van der Waals surface area contributed by atoms with E-state index in [2.05, 4.69) is 78.0 Å². The standard InChI is InChI=1S/C16H17I/c1-13-10-11-15(12-16(13)17)9-5-8-14-6-3-2-4-7-14/h2-4,6-7,10-12H,5,8-9H2,1H3. The molecular formula is C16H17I. The van der Waals surface area contributed by atoms with E-state index in [1.54, 1.807) is 0 Å². The lowest BCUT2D eigenvalue weighted by Crippen LogP contribution is -1.91. The minimum atomic E-state index is 1.17. The van der Waals surface area contributed by atoms with Crippen LogP contribution in [-0.4, -0.2) is 0 Å². The number of rotatable bonds is 4. The molecule has 0 aliphatic rings. The van der Waals surface area contributed by atoms with Crippen LogP contribution in [0.15, 0.2) is 48.5 Å². The lowest BCUT2D eigenvalue weighted by Gasteiger charge is -2.04. The Labute approximate surface area is 117 Å². The first-order valence-corrected chi connectivity index (χ1v) is 7.12. The highest BCUT2D eigenvalue weighted by atomic mass is 127. The zero-order valence-corrected chi connectivity index (χ0v) is 12.3. The molecular weight excluding hydrogens is 319 g/mol. The van der Waals surface area contributed by atoms with Gasteiger partial charge in [0.25, 0.3) is 0 Å². The highest BCUT2D eigenvalue weighted by Crippen LogP contribution is 2.15. The van der Waals surface area contributed by atoms with Crippen LogP contribution in [0.5, 0.6) is 0 Å². The maximum absolute atomic E-state index is 2.41. The Balaban J connectivity index is 1.88. The van der Waals surface area contributed by atoms with Gasteiger partial charge in [-0.15, -0.1) is 0 Å². The summed E-state index contributed by atoms with van der Waals surface area (Å²) in [6.07, 6.45) is 3.57. The molecule has 0 saturated heterocycles. The smallest absolute Gasteiger partial charge is 0.0162 e. The van der Waals surface area contributed by atoms with Gasteiger partial charge in [-0.05, 0) is 71.5 Å². The van der Waals surface area contributed by atoms with Gasteiger partial charge in [-0.1, -0.05) is 42.5 Å². The van der Waals surface area contributed by atoms with E-state index in [4.69, 9.17) is 0 Å². The molecule has 0 atom stereocenters. The van der Waals surface area contributed by atoms with E-state index in [1.807, 2.05) is 0 Å². The summed E-state index contributed by atoms with van der Waals surface area (Å²) in [6.45, 7) is 2.16. The van der Waals surface area contributed by atoms with Crippen LogP contribution >= 0.6 is 22.6 Å². The molecule has 0 spiro atoms. The molecule has 0 unspecified atom stereocenters. The summed E-state index contributed by atoms with van der Waals surface area (Å²) in [7, 11) is 0. The molecule has 0 radical (unpaired) electrons. The van der Waals surface area contributed by atoms with Gasteiger partial charge in [-0.3, -0.25) is 0 Å². The Bertz CT molecular complexity index is 474. The highest BCUT2D eigenvalue weighted by molar-refractivity contribution is 14.1. The monoisotopic (exact) mass is 336 g/mol. The van der Waals surface area contributed by atoms with Crippen molar-refractivity contribution in [2.24, 2.45) is 0 Å². The Morgan fingerprint density at radius 2 is 1.59 bits per heavy atom. The lowest BCUT2D eigenvalue weighted by molar-refractivity contribution is 0.820. The molecule has 0 bridgehead atoms. The largest absolute Gasteiger partial charge is 0.0622 e. The maximum atomic E-state index is 2.41. The van der Waals surface area contributed by atoms with Crippen molar-refractivity contribution in [3.05, 3.63) is 68.8 Å². The normalized spacial score (nSPS) is 10.5. The van der Waals surface area contributed by atoms with Crippen LogP contribution in [0.25, 0.3) is 0 Å².